The van der Waals surface area contributed by atoms with Gasteiger partial charge in [-0.1, -0.05) is 0 Å². The molecule has 0 bridgehead atoms. The van der Waals surface area contributed by atoms with Crippen molar-refractivity contribution in [1.82, 2.24) is 19.5 Å². The number of hydrogen-bond donors (Lipinski definition) is 2. The summed E-state index contributed by atoms with van der Waals surface area (Å²) >= 11 is 0. The van der Waals surface area contributed by atoms with Gasteiger partial charge in [0, 0.05) is 19.3 Å². The number of unbranched alkanes of at least 4 members (excludes halogenated alkanes) is 1. The van der Waals surface area contributed by atoms with E-state index in [1.165, 1.54) is 0 Å². The number of aromatic nitrogens is 4. The second kappa shape index (κ2) is 5.09. The van der Waals surface area contributed by atoms with Crippen molar-refractivity contribution >= 4 is 0 Å². The Morgan fingerprint density at radius 3 is 2.83 bits per heavy atom. The number of aromatic amines is 1. The molecule has 96 valence electrons. The van der Waals surface area contributed by atoms with E-state index in [1.54, 1.807) is 17.7 Å². The normalized spacial score (nSPS) is 11.0. The Morgan fingerprint density at radius 2 is 2.11 bits per heavy atom. The van der Waals surface area contributed by atoms with Gasteiger partial charge in [-0.2, -0.15) is 4.98 Å². The van der Waals surface area contributed by atoms with E-state index in [2.05, 4.69) is 15.0 Å². The van der Waals surface area contributed by atoms with Crippen molar-refractivity contribution in [3.63, 3.8) is 0 Å². The maximum atomic E-state index is 11.6. The predicted octanol–water partition coefficient (Wildman–Crippen LogP) is -0.488. The zero-order valence-corrected chi connectivity index (χ0v) is 10.0. The third-order valence-electron chi connectivity index (χ3n) is 2.56. The van der Waals surface area contributed by atoms with Crippen LogP contribution in [0.25, 0.3) is 11.5 Å². The topological polar surface area (TPSA) is 101 Å². The van der Waals surface area contributed by atoms with Crippen LogP contribution in [0.15, 0.2) is 15.8 Å². The van der Waals surface area contributed by atoms with Crippen LogP contribution in [0, 0.1) is 6.92 Å². The van der Waals surface area contributed by atoms with E-state index in [-0.39, 0.29) is 18.1 Å². The predicted molar refractivity (Wildman–Crippen MR) is 64.6 cm³/mol. The van der Waals surface area contributed by atoms with Gasteiger partial charge in [0.2, 0.25) is 0 Å². The summed E-state index contributed by atoms with van der Waals surface area (Å²) in [5.74, 6) is 0.285. The first-order chi connectivity index (χ1) is 8.61. The SMILES string of the molecule is Cc1cn(CCCCO)c2nc(=O)[nH]c(=O)c-2n1. The lowest BCUT2D eigenvalue weighted by atomic mass is 10.3. The first-order valence-corrected chi connectivity index (χ1v) is 5.71. The Labute approximate surface area is 102 Å². The van der Waals surface area contributed by atoms with Gasteiger partial charge in [-0.05, 0) is 19.8 Å². The fraction of sp³-hybridized carbons (Fsp3) is 0.455. The molecule has 0 aromatic rings. The van der Waals surface area contributed by atoms with Crippen molar-refractivity contribution in [1.29, 1.82) is 0 Å². The van der Waals surface area contributed by atoms with Gasteiger partial charge in [0.25, 0.3) is 5.56 Å². The minimum Gasteiger partial charge on any atom is -0.396 e. The number of fused-ring (bicyclic) bond motifs is 1. The zero-order valence-electron chi connectivity index (χ0n) is 10.0. The lowest BCUT2D eigenvalue weighted by Crippen LogP contribution is -2.29. The number of aliphatic hydroxyl groups excluding tert-OH is 1. The quantitative estimate of drug-likeness (QED) is 0.713. The summed E-state index contributed by atoms with van der Waals surface area (Å²) in [6.45, 7) is 2.46. The summed E-state index contributed by atoms with van der Waals surface area (Å²) in [5.41, 5.74) is -0.352. The minimum absolute atomic E-state index is 0.114. The molecule has 2 heterocycles. The molecule has 2 aliphatic heterocycles. The van der Waals surface area contributed by atoms with Gasteiger partial charge in [0.1, 0.15) is 0 Å². The lowest BCUT2D eigenvalue weighted by Gasteiger charge is -2.13. The van der Waals surface area contributed by atoms with Gasteiger partial charge in [-0.15, -0.1) is 0 Å². The Hall–Kier alpha value is -2.02. The van der Waals surface area contributed by atoms with E-state index in [1.807, 2.05) is 0 Å². The number of rotatable bonds is 4. The smallest absolute Gasteiger partial charge is 0.349 e. The molecule has 2 aliphatic rings. The maximum Gasteiger partial charge on any atom is 0.349 e. The number of nitrogens with zero attached hydrogens (tertiary/aromatic N) is 3. The second-order valence-corrected chi connectivity index (χ2v) is 4.05. The highest BCUT2D eigenvalue weighted by Gasteiger charge is 2.15. The molecule has 7 heteroatoms. The van der Waals surface area contributed by atoms with Gasteiger partial charge in [-0.3, -0.25) is 9.78 Å². The molecule has 18 heavy (non-hydrogen) atoms. The van der Waals surface area contributed by atoms with Crippen LogP contribution in [-0.4, -0.2) is 31.2 Å². The van der Waals surface area contributed by atoms with Gasteiger partial charge >= 0.3 is 5.69 Å². The number of hydrogen-bond acceptors (Lipinski definition) is 5. The Morgan fingerprint density at radius 1 is 1.33 bits per heavy atom. The van der Waals surface area contributed by atoms with Crippen LogP contribution in [0.4, 0.5) is 0 Å². The molecule has 0 aromatic carbocycles. The molecular weight excluding hydrogens is 236 g/mol. The van der Waals surface area contributed by atoms with Gasteiger partial charge in [0.05, 0.1) is 5.69 Å². The van der Waals surface area contributed by atoms with Crippen LogP contribution in [0.3, 0.4) is 0 Å². The van der Waals surface area contributed by atoms with Crippen molar-refractivity contribution in [2.75, 3.05) is 6.61 Å². The molecule has 0 spiro atoms. The summed E-state index contributed by atoms with van der Waals surface area (Å²) in [6, 6.07) is 0. The number of nitrogens with one attached hydrogen (secondary N) is 1. The summed E-state index contributed by atoms with van der Waals surface area (Å²) in [5, 5.41) is 8.76. The molecule has 0 saturated carbocycles. The van der Waals surface area contributed by atoms with E-state index < -0.39 is 11.2 Å². The number of aryl methyl sites for hydroxylation is 2. The molecule has 0 aliphatic carbocycles. The summed E-state index contributed by atoms with van der Waals surface area (Å²) < 4.78 is 1.73. The van der Waals surface area contributed by atoms with Crippen LogP contribution in [0.2, 0.25) is 0 Å². The maximum absolute atomic E-state index is 11.6. The molecule has 2 rings (SSSR count). The monoisotopic (exact) mass is 250 g/mol. The third-order valence-corrected chi connectivity index (χ3v) is 2.56. The highest BCUT2D eigenvalue weighted by Crippen LogP contribution is 2.12. The highest BCUT2D eigenvalue weighted by atomic mass is 16.3. The molecule has 2 N–H and O–H groups in total. The Balaban J connectivity index is 2.51. The van der Waals surface area contributed by atoms with Gasteiger partial charge in [-0.25, -0.2) is 9.78 Å². The Bertz CT molecular complexity index is 631. The molecule has 0 aromatic heterocycles. The van der Waals surface area contributed by atoms with E-state index in [0.29, 0.717) is 18.7 Å². The fourth-order valence-electron chi connectivity index (χ4n) is 1.79. The summed E-state index contributed by atoms with van der Waals surface area (Å²) in [6.07, 6.45) is 3.14. The molecule has 0 atom stereocenters. The third kappa shape index (κ3) is 2.45. The lowest BCUT2D eigenvalue weighted by molar-refractivity contribution is 0.281. The molecule has 7 nitrogen and oxygen atoms in total. The summed E-state index contributed by atoms with van der Waals surface area (Å²) in [4.78, 5) is 32.8. The molecule has 0 amide bonds. The number of H-pyrrole nitrogens is 1. The average Bonchev–Trinajstić information content (AvgIpc) is 2.31. The van der Waals surface area contributed by atoms with Crippen LogP contribution >= 0.6 is 0 Å². The van der Waals surface area contributed by atoms with Crippen LogP contribution in [0.5, 0.6) is 0 Å². The van der Waals surface area contributed by atoms with Crippen molar-refractivity contribution in [3.05, 3.63) is 32.7 Å². The fourth-order valence-corrected chi connectivity index (χ4v) is 1.79. The molecular formula is C11H14N4O3. The van der Waals surface area contributed by atoms with Crippen LogP contribution in [0.1, 0.15) is 18.5 Å². The van der Waals surface area contributed by atoms with E-state index in [4.69, 9.17) is 5.11 Å². The van der Waals surface area contributed by atoms with Gasteiger partial charge in [0.15, 0.2) is 11.5 Å². The van der Waals surface area contributed by atoms with Crippen molar-refractivity contribution in [3.8, 4) is 11.5 Å². The molecule has 0 unspecified atom stereocenters. The average molecular weight is 250 g/mol. The van der Waals surface area contributed by atoms with Crippen molar-refractivity contribution in [2.24, 2.45) is 0 Å². The first kappa shape index (κ1) is 12.4. The zero-order chi connectivity index (χ0) is 13.1. The molecule has 0 fully saturated rings. The second-order valence-electron chi connectivity index (χ2n) is 4.05. The van der Waals surface area contributed by atoms with E-state index in [0.717, 1.165) is 6.42 Å². The molecule has 0 saturated heterocycles. The highest BCUT2D eigenvalue weighted by molar-refractivity contribution is 5.48. The van der Waals surface area contributed by atoms with Crippen LogP contribution in [-0.2, 0) is 6.54 Å². The van der Waals surface area contributed by atoms with Crippen LogP contribution < -0.4 is 11.2 Å². The first-order valence-electron chi connectivity index (χ1n) is 5.71. The van der Waals surface area contributed by atoms with E-state index in [9.17, 15) is 9.59 Å². The molecule has 0 radical (unpaired) electrons. The largest absolute Gasteiger partial charge is 0.396 e. The minimum atomic E-state index is -0.672. The summed E-state index contributed by atoms with van der Waals surface area (Å²) in [7, 11) is 0. The Kier molecular flexibility index (Phi) is 3.52. The van der Waals surface area contributed by atoms with E-state index >= 15 is 0 Å². The van der Waals surface area contributed by atoms with Crippen molar-refractivity contribution < 1.29 is 5.11 Å². The standard InChI is InChI=1S/C11H14N4O3/c1-7-6-15(4-2-3-5-16)9-8(12-7)10(17)14-11(18)13-9/h6,16H,2-5H2,1H3,(H,14,17,18). The number of aliphatic hydroxyl groups is 1. The van der Waals surface area contributed by atoms with Gasteiger partial charge < -0.3 is 9.67 Å². The van der Waals surface area contributed by atoms with Crippen molar-refractivity contribution in [2.45, 2.75) is 26.3 Å².